The fourth-order valence-electron chi connectivity index (χ4n) is 3.51. The minimum atomic E-state index is -1.56. The Morgan fingerprint density at radius 3 is 2.81 bits per heavy atom. The van der Waals surface area contributed by atoms with Crippen LogP contribution in [0.25, 0.3) is 0 Å². The highest BCUT2D eigenvalue weighted by Crippen LogP contribution is 2.27. The van der Waals surface area contributed by atoms with Crippen molar-refractivity contribution in [1.29, 1.82) is 0 Å². The van der Waals surface area contributed by atoms with Gasteiger partial charge in [-0.05, 0) is 38.6 Å². The highest BCUT2D eigenvalue weighted by atomic mass is 16.9. The van der Waals surface area contributed by atoms with Crippen LogP contribution in [0.3, 0.4) is 0 Å². The number of ether oxygens (including phenoxy) is 4. The van der Waals surface area contributed by atoms with Crippen LogP contribution in [0.1, 0.15) is 31.4 Å². The predicted molar refractivity (Wildman–Crippen MR) is 87.2 cm³/mol. The molecule has 4 rings (SSSR count). The van der Waals surface area contributed by atoms with Gasteiger partial charge in [0.1, 0.15) is 6.54 Å². The number of carbonyl (C=O) groups excluding carboxylic acids is 2. The molecule has 0 atom stereocenters. The minimum Gasteiger partial charge on any atom is -0.477 e. The fourth-order valence-corrected chi connectivity index (χ4v) is 3.51. The summed E-state index contributed by atoms with van der Waals surface area (Å²) in [5, 5.41) is 4.47. The highest BCUT2D eigenvalue weighted by molar-refractivity contribution is 6.31. The standard InChI is InChI=1S/C17H23N3O6/c21-15-16(22)26-17(25-15)12-19(8-10-24-17)6-3-4-9-23-14-11-13-5-1-2-7-20(13)18-14/h11H,1-10,12H2. The molecule has 2 saturated heterocycles. The quantitative estimate of drug-likeness (QED) is 0.408. The highest BCUT2D eigenvalue weighted by Gasteiger charge is 2.52. The lowest BCUT2D eigenvalue weighted by Gasteiger charge is -2.36. The summed E-state index contributed by atoms with van der Waals surface area (Å²) in [6.07, 6.45) is 5.26. The second-order valence-electron chi connectivity index (χ2n) is 6.80. The van der Waals surface area contributed by atoms with Gasteiger partial charge in [-0.15, -0.1) is 5.10 Å². The van der Waals surface area contributed by atoms with Gasteiger partial charge in [-0.2, -0.15) is 0 Å². The van der Waals surface area contributed by atoms with Crippen molar-refractivity contribution in [1.82, 2.24) is 14.7 Å². The largest absolute Gasteiger partial charge is 0.477 e. The average Bonchev–Trinajstić information content (AvgIpc) is 3.15. The van der Waals surface area contributed by atoms with Gasteiger partial charge in [0, 0.05) is 24.8 Å². The van der Waals surface area contributed by atoms with Crippen molar-refractivity contribution < 1.29 is 28.5 Å². The van der Waals surface area contributed by atoms with E-state index in [1.807, 2.05) is 10.7 Å². The Morgan fingerprint density at radius 1 is 1.15 bits per heavy atom. The smallest absolute Gasteiger partial charge is 0.422 e. The van der Waals surface area contributed by atoms with Crippen molar-refractivity contribution in [3.63, 3.8) is 0 Å². The Kier molecular flexibility index (Phi) is 4.82. The van der Waals surface area contributed by atoms with Crippen LogP contribution in [0.5, 0.6) is 5.88 Å². The van der Waals surface area contributed by atoms with Crippen LogP contribution in [0.4, 0.5) is 0 Å². The van der Waals surface area contributed by atoms with Crippen molar-refractivity contribution in [3.05, 3.63) is 11.8 Å². The summed E-state index contributed by atoms with van der Waals surface area (Å²) in [6.45, 7) is 3.65. The summed E-state index contributed by atoms with van der Waals surface area (Å²) in [6, 6.07) is 2.04. The molecular formula is C17H23N3O6. The maximum atomic E-state index is 11.2. The molecule has 0 aliphatic carbocycles. The second-order valence-corrected chi connectivity index (χ2v) is 6.80. The Bertz CT molecular complexity index is 649. The predicted octanol–water partition coefficient (Wildman–Crippen LogP) is 0.464. The molecule has 1 aromatic heterocycles. The summed E-state index contributed by atoms with van der Waals surface area (Å²) in [5.41, 5.74) is 1.26. The molecule has 0 N–H and O–H groups in total. The maximum absolute atomic E-state index is 11.2. The molecule has 142 valence electrons. The number of carbonyl (C=O) groups is 2. The Balaban J connectivity index is 1.17. The van der Waals surface area contributed by atoms with Gasteiger partial charge in [0.05, 0.1) is 13.2 Å². The van der Waals surface area contributed by atoms with E-state index in [1.54, 1.807) is 0 Å². The molecule has 0 radical (unpaired) electrons. The van der Waals surface area contributed by atoms with E-state index in [0.29, 0.717) is 25.6 Å². The number of hydrogen-bond donors (Lipinski definition) is 0. The number of unbranched alkanes of at least 4 members (excludes halogenated alkanes) is 1. The molecule has 0 bridgehead atoms. The van der Waals surface area contributed by atoms with E-state index in [-0.39, 0.29) is 6.54 Å². The molecule has 0 saturated carbocycles. The molecule has 0 aromatic carbocycles. The summed E-state index contributed by atoms with van der Waals surface area (Å²) >= 11 is 0. The number of aromatic nitrogens is 2. The van der Waals surface area contributed by atoms with Gasteiger partial charge in [-0.1, -0.05) is 0 Å². The lowest BCUT2D eigenvalue weighted by molar-refractivity contribution is -0.338. The van der Waals surface area contributed by atoms with Crippen LogP contribution in [-0.4, -0.2) is 65.4 Å². The van der Waals surface area contributed by atoms with Gasteiger partial charge < -0.3 is 18.9 Å². The number of nitrogens with zero attached hydrogens (tertiary/aromatic N) is 3. The molecular weight excluding hydrogens is 342 g/mol. The van der Waals surface area contributed by atoms with Gasteiger partial charge in [0.15, 0.2) is 0 Å². The first kappa shape index (κ1) is 17.3. The van der Waals surface area contributed by atoms with Gasteiger partial charge in [-0.25, -0.2) is 9.59 Å². The maximum Gasteiger partial charge on any atom is 0.422 e. The van der Waals surface area contributed by atoms with E-state index in [0.717, 1.165) is 32.4 Å². The third kappa shape index (κ3) is 3.68. The number of morpholine rings is 1. The van der Waals surface area contributed by atoms with Crippen LogP contribution in [0, 0.1) is 0 Å². The van der Waals surface area contributed by atoms with Gasteiger partial charge in [0.2, 0.25) is 5.88 Å². The molecule has 0 amide bonds. The van der Waals surface area contributed by atoms with Crippen molar-refractivity contribution in [2.24, 2.45) is 0 Å². The zero-order valence-corrected chi connectivity index (χ0v) is 14.6. The molecule has 9 heteroatoms. The molecule has 3 aliphatic heterocycles. The third-order valence-electron chi connectivity index (χ3n) is 4.82. The van der Waals surface area contributed by atoms with E-state index < -0.39 is 17.9 Å². The molecule has 26 heavy (non-hydrogen) atoms. The minimum absolute atomic E-state index is 0.235. The van der Waals surface area contributed by atoms with E-state index in [9.17, 15) is 9.59 Å². The molecule has 4 heterocycles. The molecule has 1 spiro atoms. The fraction of sp³-hybridized carbons (Fsp3) is 0.706. The van der Waals surface area contributed by atoms with Crippen molar-refractivity contribution >= 4 is 11.9 Å². The van der Waals surface area contributed by atoms with E-state index in [2.05, 4.69) is 10.00 Å². The van der Waals surface area contributed by atoms with E-state index in [4.69, 9.17) is 18.9 Å². The molecule has 0 unspecified atom stereocenters. The normalized spacial score (nSPS) is 22.2. The van der Waals surface area contributed by atoms with Crippen LogP contribution >= 0.6 is 0 Å². The van der Waals surface area contributed by atoms with E-state index in [1.165, 1.54) is 18.5 Å². The molecule has 9 nitrogen and oxygen atoms in total. The van der Waals surface area contributed by atoms with Crippen LogP contribution in [0.2, 0.25) is 0 Å². The monoisotopic (exact) mass is 365 g/mol. The number of fused-ring (bicyclic) bond motifs is 1. The second kappa shape index (κ2) is 7.24. The lowest BCUT2D eigenvalue weighted by atomic mass is 10.1. The van der Waals surface area contributed by atoms with Crippen molar-refractivity contribution in [2.45, 2.75) is 44.6 Å². The van der Waals surface area contributed by atoms with Gasteiger partial charge in [-0.3, -0.25) is 9.58 Å². The first-order valence-corrected chi connectivity index (χ1v) is 9.16. The number of hydrogen-bond acceptors (Lipinski definition) is 8. The van der Waals surface area contributed by atoms with Gasteiger partial charge >= 0.3 is 17.9 Å². The molecule has 3 aliphatic rings. The van der Waals surface area contributed by atoms with Crippen molar-refractivity contribution in [3.8, 4) is 5.88 Å². The van der Waals surface area contributed by atoms with Crippen LogP contribution in [-0.2, 0) is 36.8 Å². The summed E-state index contributed by atoms with van der Waals surface area (Å²) < 4.78 is 23.0. The summed E-state index contributed by atoms with van der Waals surface area (Å²) in [5.74, 6) is -2.85. The number of rotatable bonds is 6. The summed E-state index contributed by atoms with van der Waals surface area (Å²) in [7, 11) is 0. The van der Waals surface area contributed by atoms with Crippen molar-refractivity contribution in [2.75, 3.05) is 32.8 Å². The topological polar surface area (TPSA) is 92.1 Å². The first-order valence-electron chi connectivity index (χ1n) is 9.16. The van der Waals surface area contributed by atoms with Gasteiger partial charge in [0.25, 0.3) is 0 Å². The third-order valence-corrected chi connectivity index (χ3v) is 4.82. The Labute approximate surface area is 151 Å². The van der Waals surface area contributed by atoms with E-state index >= 15 is 0 Å². The van der Waals surface area contributed by atoms with Crippen LogP contribution in [0.15, 0.2) is 6.07 Å². The first-order chi connectivity index (χ1) is 12.6. The average molecular weight is 365 g/mol. The number of aryl methyl sites for hydroxylation is 2. The number of esters is 2. The SMILES string of the molecule is O=C1OC2(CN(CCCCOc3cc4n(n3)CCCC4)CCO2)OC1=O. The Hall–Kier alpha value is -2.13. The van der Waals surface area contributed by atoms with Crippen LogP contribution < -0.4 is 4.74 Å². The molecule has 1 aromatic rings. The molecule has 2 fully saturated rings. The zero-order valence-electron chi connectivity index (χ0n) is 14.6. The Morgan fingerprint density at radius 2 is 2.00 bits per heavy atom. The zero-order chi connectivity index (χ0) is 18.0. The summed E-state index contributed by atoms with van der Waals surface area (Å²) in [4.78, 5) is 24.5. The lowest BCUT2D eigenvalue weighted by Crippen LogP contribution is -2.53.